The van der Waals surface area contributed by atoms with Crippen LogP contribution in [0.2, 0.25) is 0 Å². The fourth-order valence-corrected chi connectivity index (χ4v) is 1.34. The van der Waals surface area contributed by atoms with E-state index in [0.29, 0.717) is 5.69 Å². The Morgan fingerprint density at radius 3 is 2.25 bits per heavy atom. The first-order valence-electron chi connectivity index (χ1n) is 4.61. The molecule has 77 valence electrons. The van der Waals surface area contributed by atoms with Gasteiger partial charge in [-0.2, -0.15) is 23.9 Å². The van der Waals surface area contributed by atoms with E-state index in [1.807, 2.05) is 54.9 Å². The Morgan fingerprint density at radius 1 is 1.00 bits per heavy atom. The molecule has 0 aliphatic heterocycles. The average molecular weight is 284 g/mol. The van der Waals surface area contributed by atoms with Crippen molar-refractivity contribution in [2.24, 2.45) is 0 Å². The van der Waals surface area contributed by atoms with Gasteiger partial charge in [-0.3, -0.25) is 0 Å². The van der Waals surface area contributed by atoms with E-state index in [0.717, 1.165) is 5.69 Å². The summed E-state index contributed by atoms with van der Waals surface area (Å²) in [7, 11) is 0. The van der Waals surface area contributed by atoms with Crippen molar-refractivity contribution in [3.8, 4) is 0 Å². The molecule has 0 aromatic heterocycles. The summed E-state index contributed by atoms with van der Waals surface area (Å²) in [4.78, 5) is 12.3. The molecule has 0 atom stereocenters. The summed E-state index contributed by atoms with van der Waals surface area (Å²) in [5.74, 6) is 0. The normalized spacial score (nSPS) is 9.00. The van der Waals surface area contributed by atoms with Gasteiger partial charge in [-0.25, -0.2) is 12.1 Å². The molecule has 0 heterocycles. The van der Waals surface area contributed by atoms with Crippen LogP contribution in [0.15, 0.2) is 54.6 Å². The van der Waals surface area contributed by atoms with Crippen molar-refractivity contribution in [1.29, 1.82) is 0 Å². The van der Waals surface area contributed by atoms with E-state index in [1.165, 1.54) is 4.90 Å². The monoisotopic (exact) mass is 284 g/mol. The summed E-state index contributed by atoms with van der Waals surface area (Å²) in [6.45, 7) is 0. The number of hydrogen-bond donors (Lipinski definition) is 0. The molecule has 0 saturated heterocycles. The third-order valence-electron chi connectivity index (χ3n) is 2.04. The first-order valence-corrected chi connectivity index (χ1v) is 4.61. The first kappa shape index (κ1) is 13.1. The summed E-state index contributed by atoms with van der Waals surface area (Å²) in [6, 6.07) is 19.6. The van der Waals surface area contributed by atoms with Gasteiger partial charge in [-0.15, -0.1) is 0 Å². The smallest absolute Gasteiger partial charge is 0.147 e. The number of nitrogens with zero attached hydrogens (tertiary/aromatic N) is 1. The molecule has 0 fully saturated rings. The van der Waals surface area contributed by atoms with Crippen LogP contribution < -0.4 is 4.90 Å². The molecule has 2 rings (SSSR count). The SMILES string of the molecule is O=[C-]N(c1[c-]cccc1)c1ccccc1.[Y]. The predicted octanol–water partition coefficient (Wildman–Crippen LogP) is 2.69. The van der Waals surface area contributed by atoms with E-state index >= 15 is 0 Å². The van der Waals surface area contributed by atoms with Crippen LogP contribution in [0.25, 0.3) is 0 Å². The molecule has 0 aliphatic rings. The quantitative estimate of drug-likeness (QED) is 0.627. The third-order valence-corrected chi connectivity index (χ3v) is 2.04. The molecule has 3 heteroatoms. The van der Waals surface area contributed by atoms with Gasteiger partial charge in [0.2, 0.25) is 0 Å². The fourth-order valence-electron chi connectivity index (χ4n) is 1.34. The average Bonchev–Trinajstić information content (AvgIpc) is 2.33. The van der Waals surface area contributed by atoms with Gasteiger partial charge in [-0.1, -0.05) is 36.0 Å². The molecule has 0 N–H and O–H groups in total. The molecule has 0 saturated carbocycles. The summed E-state index contributed by atoms with van der Waals surface area (Å²) in [6.07, 6.45) is 1.89. The second-order valence-electron chi connectivity index (χ2n) is 3.01. The zero-order valence-electron chi connectivity index (χ0n) is 8.63. The maximum Gasteiger partial charge on any atom is 0.147 e. The Morgan fingerprint density at radius 2 is 1.69 bits per heavy atom. The van der Waals surface area contributed by atoms with Crippen LogP contribution in [0, 0.1) is 6.07 Å². The topological polar surface area (TPSA) is 20.3 Å². The van der Waals surface area contributed by atoms with Gasteiger partial charge in [0.25, 0.3) is 0 Å². The largest absolute Gasteiger partial charge is 0.465 e. The Labute approximate surface area is 120 Å². The number of carbonyl (C=O) groups excluding carboxylic acids is 1. The number of hydrogen-bond acceptors (Lipinski definition) is 1. The molecular formula is C13H9NOY-2. The fraction of sp³-hybridized carbons (Fsp3) is 0. The summed E-state index contributed by atoms with van der Waals surface area (Å²) in [5.41, 5.74) is 1.48. The minimum atomic E-state index is 0. The Balaban J connectivity index is 0.00000128. The summed E-state index contributed by atoms with van der Waals surface area (Å²) >= 11 is 0. The molecule has 1 radical (unpaired) electrons. The van der Waals surface area contributed by atoms with Crippen LogP contribution in [0.1, 0.15) is 0 Å². The summed E-state index contributed by atoms with van der Waals surface area (Å²) < 4.78 is 0. The minimum Gasteiger partial charge on any atom is -0.465 e. The first-order chi connectivity index (χ1) is 7.42. The molecule has 0 spiro atoms. The van der Waals surface area contributed by atoms with Crippen molar-refractivity contribution in [3.05, 3.63) is 60.7 Å². The van der Waals surface area contributed by atoms with E-state index in [2.05, 4.69) is 6.07 Å². The number of benzene rings is 2. The van der Waals surface area contributed by atoms with E-state index < -0.39 is 0 Å². The van der Waals surface area contributed by atoms with Crippen LogP contribution in [0.3, 0.4) is 0 Å². The van der Waals surface area contributed by atoms with Crippen LogP contribution in [0.4, 0.5) is 11.4 Å². The van der Waals surface area contributed by atoms with Crippen LogP contribution in [-0.4, -0.2) is 6.41 Å². The van der Waals surface area contributed by atoms with Gasteiger partial charge in [0, 0.05) is 32.7 Å². The van der Waals surface area contributed by atoms with E-state index in [9.17, 15) is 4.79 Å². The number of para-hydroxylation sites is 2. The second kappa shape index (κ2) is 6.56. The molecule has 2 nitrogen and oxygen atoms in total. The van der Waals surface area contributed by atoms with E-state index in [-0.39, 0.29) is 32.7 Å². The second-order valence-corrected chi connectivity index (χ2v) is 3.01. The van der Waals surface area contributed by atoms with Crippen molar-refractivity contribution in [2.45, 2.75) is 0 Å². The van der Waals surface area contributed by atoms with Crippen LogP contribution in [0.5, 0.6) is 0 Å². The van der Waals surface area contributed by atoms with Crippen LogP contribution in [-0.2, 0) is 37.5 Å². The molecule has 2 aromatic rings. The van der Waals surface area contributed by atoms with Gasteiger partial charge >= 0.3 is 0 Å². The van der Waals surface area contributed by atoms with E-state index in [4.69, 9.17) is 0 Å². The number of anilines is 2. The minimum absolute atomic E-state index is 0. The molecule has 2 aromatic carbocycles. The zero-order valence-corrected chi connectivity index (χ0v) is 11.5. The van der Waals surface area contributed by atoms with Gasteiger partial charge in [-0.05, 0) is 0 Å². The van der Waals surface area contributed by atoms with Crippen molar-refractivity contribution >= 4 is 17.8 Å². The van der Waals surface area contributed by atoms with E-state index in [1.54, 1.807) is 6.07 Å². The Kier molecular flexibility index (Phi) is 5.37. The molecule has 0 aliphatic carbocycles. The number of rotatable bonds is 3. The van der Waals surface area contributed by atoms with Gasteiger partial charge < -0.3 is 9.69 Å². The van der Waals surface area contributed by atoms with Crippen molar-refractivity contribution in [3.63, 3.8) is 0 Å². The molecular weight excluding hydrogens is 275 g/mol. The van der Waals surface area contributed by atoms with Crippen molar-refractivity contribution < 1.29 is 37.5 Å². The van der Waals surface area contributed by atoms with Crippen LogP contribution >= 0.6 is 0 Å². The predicted molar refractivity (Wildman–Crippen MR) is 59.6 cm³/mol. The van der Waals surface area contributed by atoms with Gasteiger partial charge in [0.15, 0.2) is 0 Å². The Hall–Kier alpha value is -0.986. The molecule has 0 unspecified atom stereocenters. The Bertz CT molecular complexity index is 391. The maximum absolute atomic E-state index is 10.9. The van der Waals surface area contributed by atoms with Gasteiger partial charge in [0.1, 0.15) is 6.41 Å². The molecule has 0 bridgehead atoms. The zero-order chi connectivity index (χ0) is 10.5. The maximum atomic E-state index is 10.9. The van der Waals surface area contributed by atoms with Gasteiger partial charge in [0.05, 0.1) is 0 Å². The molecule has 1 amide bonds. The third kappa shape index (κ3) is 3.00. The van der Waals surface area contributed by atoms with Crippen molar-refractivity contribution in [2.75, 3.05) is 4.90 Å². The standard InChI is InChI=1S/C13H9NO.Y/c15-11-14(12-7-3-1-4-8-12)13-9-5-2-6-10-13;/h1-9H;/q-2;. The summed E-state index contributed by atoms with van der Waals surface area (Å²) in [5, 5.41) is 0. The molecule has 16 heavy (non-hydrogen) atoms. The van der Waals surface area contributed by atoms with Crippen molar-refractivity contribution in [1.82, 2.24) is 0 Å². The number of amides is 1.